The van der Waals surface area contributed by atoms with E-state index in [0.29, 0.717) is 31.4 Å². The van der Waals surface area contributed by atoms with Crippen molar-refractivity contribution in [3.05, 3.63) is 36.7 Å². The molecule has 1 saturated carbocycles. The molecule has 4 rings (SSSR count). The molecule has 170 valence electrons. The van der Waals surface area contributed by atoms with Gasteiger partial charge in [0.05, 0.1) is 18.5 Å². The fourth-order valence-electron chi connectivity index (χ4n) is 3.93. The number of hydrogen-bond donors (Lipinski definition) is 1. The first-order valence-electron chi connectivity index (χ1n) is 9.93. The molecule has 1 aromatic heterocycles. The molecule has 1 saturated heterocycles. The second-order valence-corrected chi connectivity index (χ2v) is 7.50. The molecule has 9 nitrogen and oxygen atoms in total. The van der Waals surface area contributed by atoms with Gasteiger partial charge in [-0.3, -0.25) is 14.6 Å². The number of urea groups is 1. The Morgan fingerprint density at radius 2 is 1.72 bits per heavy atom. The number of imide groups is 1. The van der Waals surface area contributed by atoms with Gasteiger partial charge in [0.2, 0.25) is 5.95 Å². The summed E-state index contributed by atoms with van der Waals surface area (Å²) >= 11 is 0. The SMILES string of the molecule is Nc1ncc(O[C@H]2CC[C@H](N3C(=O)CN(c4cccc(OC(F)(F)F)c4)C3=O)CC2)cn1. The van der Waals surface area contributed by atoms with E-state index in [1.807, 2.05) is 0 Å². The highest BCUT2D eigenvalue weighted by molar-refractivity contribution is 6.12. The smallest absolute Gasteiger partial charge is 0.487 e. The first-order chi connectivity index (χ1) is 15.2. The number of aromatic nitrogens is 2. The number of anilines is 2. The average molecular weight is 451 g/mol. The molecule has 0 radical (unpaired) electrons. The molecule has 2 aliphatic rings. The summed E-state index contributed by atoms with van der Waals surface area (Å²) in [5.74, 6) is -0.221. The maximum atomic E-state index is 12.9. The molecule has 1 aliphatic carbocycles. The van der Waals surface area contributed by atoms with E-state index in [0.717, 1.165) is 17.0 Å². The summed E-state index contributed by atoms with van der Waals surface area (Å²) < 4.78 is 47.2. The quantitative estimate of drug-likeness (QED) is 0.696. The average Bonchev–Trinajstić information content (AvgIpc) is 3.03. The minimum Gasteiger partial charge on any atom is -0.487 e. The summed E-state index contributed by atoms with van der Waals surface area (Å²) in [6.45, 7) is -0.243. The van der Waals surface area contributed by atoms with Crippen molar-refractivity contribution in [2.45, 2.75) is 44.2 Å². The van der Waals surface area contributed by atoms with Crippen molar-refractivity contribution >= 4 is 23.6 Å². The van der Waals surface area contributed by atoms with Crippen LogP contribution in [0.4, 0.5) is 29.6 Å². The van der Waals surface area contributed by atoms with E-state index in [1.165, 1.54) is 29.4 Å². The standard InChI is InChI=1S/C20H20F3N5O4/c21-20(22,23)32-15-3-1-2-13(8-15)27-11-17(29)28(19(27)30)12-4-6-14(7-5-12)31-16-9-25-18(24)26-10-16/h1-3,8-10,12,14H,4-7,11H2,(H2,24,25,26)/t12-,14-. The second-order valence-electron chi connectivity index (χ2n) is 7.50. The van der Waals surface area contributed by atoms with Gasteiger partial charge in [-0.1, -0.05) is 6.07 Å². The van der Waals surface area contributed by atoms with Crippen molar-refractivity contribution in [1.29, 1.82) is 0 Å². The number of alkyl halides is 3. The van der Waals surface area contributed by atoms with E-state index >= 15 is 0 Å². The lowest BCUT2D eigenvalue weighted by atomic mass is 9.92. The zero-order valence-corrected chi connectivity index (χ0v) is 16.8. The number of nitrogen functional groups attached to an aromatic ring is 1. The van der Waals surface area contributed by atoms with Gasteiger partial charge in [0.25, 0.3) is 5.91 Å². The normalized spacial score (nSPS) is 21.7. The molecule has 0 bridgehead atoms. The van der Waals surface area contributed by atoms with Gasteiger partial charge in [-0.2, -0.15) is 0 Å². The predicted molar refractivity (Wildman–Crippen MR) is 106 cm³/mol. The van der Waals surface area contributed by atoms with Crippen LogP contribution >= 0.6 is 0 Å². The molecule has 0 atom stereocenters. The summed E-state index contributed by atoms with van der Waals surface area (Å²) in [6.07, 6.45) is 0.314. The van der Waals surface area contributed by atoms with Gasteiger partial charge in [-0.15, -0.1) is 13.2 Å². The minimum atomic E-state index is -4.85. The lowest BCUT2D eigenvalue weighted by Crippen LogP contribution is -2.44. The third-order valence-electron chi connectivity index (χ3n) is 5.32. The Labute approximate surface area is 180 Å². The number of carbonyl (C=O) groups excluding carboxylic acids is 2. The molecule has 12 heteroatoms. The van der Waals surface area contributed by atoms with Crippen molar-refractivity contribution in [3.63, 3.8) is 0 Å². The number of rotatable bonds is 5. The van der Waals surface area contributed by atoms with Crippen LogP contribution < -0.4 is 20.1 Å². The Bertz CT molecular complexity index is 993. The topological polar surface area (TPSA) is 111 Å². The molecule has 3 amide bonds. The molecular weight excluding hydrogens is 431 g/mol. The summed E-state index contributed by atoms with van der Waals surface area (Å²) in [4.78, 5) is 35.6. The predicted octanol–water partition coefficient (Wildman–Crippen LogP) is 3.12. The lowest BCUT2D eigenvalue weighted by molar-refractivity contribution is -0.274. The molecule has 0 unspecified atom stereocenters. The Balaban J connectivity index is 1.38. The Kier molecular flexibility index (Phi) is 5.76. The molecule has 2 fully saturated rings. The van der Waals surface area contributed by atoms with E-state index in [4.69, 9.17) is 10.5 Å². The van der Waals surface area contributed by atoms with Crippen LogP contribution in [0.5, 0.6) is 11.5 Å². The van der Waals surface area contributed by atoms with E-state index < -0.39 is 24.1 Å². The monoisotopic (exact) mass is 451 g/mol. The summed E-state index contributed by atoms with van der Waals surface area (Å²) in [5.41, 5.74) is 5.61. The Morgan fingerprint density at radius 1 is 1.03 bits per heavy atom. The fraction of sp³-hybridized carbons (Fsp3) is 0.400. The van der Waals surface area contributed by atoms with Crippen LogP contribution in [0.3, 0.4) is 0 Å². The molecule has 2 aromatic rings. The Hall–Kier alpha value is -3.57. The van der Waals surface area contributed by atoms with Crippen molar-refractivity contribution in [2.75, 3.05) is 17.2 Å². The van der Waals surface area contributed by atoms with E-state index in [1.54, 1.807) is 0 Å². The highest BCUT2D eigenvalue weighted by Gasteiger charge is 2.42. The zero-order chi connectivity index (χ0) is 22.9. The summed E-state index contributed by atoms with van der Waals surface area (Å²) in [5, 5.41) is 0. The number of ether oxygens (including phenoxy) is 2. The molecule has 32 heavy (non-hydrogen) atoms. The van der Waals surface area contributed by atoms with E-state index in [2.05, 4.69) is 14.7 Å². The molecule has 1 aromatic carbocycles. The molecular formula is C20H20F3N5O4. The van der Waals surface area contributed by atoms with Gasteiger partial charge >= 0.3 is 12.4 Å². The number of amides is 3. The number of benzene rings is 1. The molecule has 2 N–H and O–H groups in total. The van der Waals surface area contributed by atoms with Crippen LogP contribution in [0.25, 0.3) is 0 Å². The van der Waals surface area contributed by atoms with Crippen LogP contribution in [0, 0.1) is 0 Å². The van der Waals surface area contributed by atoms with Crippen LogP contribution in [0.2, 0.25) is 0 Å². The van der Waals surface area contributed by atoms with Crippen molar-refractivity contribution in [2.24, 2.45) is 0 Å². The Morgan fingerprint density at radius 3 is 2.38 bits per heavy atom. The van der Waals surface area contributed by atoms with Crippen molar-refractivity contribution in [3.8, 4) is 11.5 Å². The number of nitrogens with zero attached hydrogens (tertiary/aromatic N) is 4. The van der Waals surface area contributed by atoms with Gasteiger partial charge < -0.3 is 15.2 Å². The van der Waals surface area contributed by atoms with Crippen LogP contribution in [0.1, 0.15) is 25.7 Å². The van der Waals surface area contributed by atoms with Crippen molar-refractivity contribution < 1.29 is 32.2 Å². The lowest BCUT2D eigenvalue weighted by Gasteiger charge is -2.33. The van der Waals surface area contributed by atoms with Gasteiger partial charge in [0.1, 0.15) is 12.3 Å². The molecule has 1 aliphatic heterocycles. The summed E-state index contributed by atoms with van der Waals surface area (Å²) in [7, 11) is 0. The number of nitrogens with two attached hydrogens (primary N) is 1. The summed E-state index contributed by atoms with van der Waals surface area (Å²) in [6, 6.07) is 4.14. The highest BCUT2D eigenvalue weighted by Crippen LogP contribution is 2.32. The largest absolute Gasteiger partial charge is 0.573 e. The highest BCUT2D eigenvalue weighted by atomic mass is 19.4. The zero-order valence-electron chi connectivity index (χ0n) is 16.8. The van der Waals surface area contributed by atoms with Gasteiger partial charge in [-0.25, -0.2) is 14.8 Å². The number of carbonyl (C=O) groups is 2. The third kappa shape index (κ3) is 4.84. The minimum absolute atomic E-state index is 0.112. The number of hydrogen-bond acceptors (Lipinski definition) is 7. The first-order valence-corrected chi connectivity index (χ1v) is 9.93. The first kappa shape index (κ1) is 21.7. The van der Waals surface area contributed by atoms with Gasteiger partial charge in [0, 0.05) is 17.8 Å². The van der Waals surface area contributed by atoms with Gasteiger partial charge in [0.15, 0.2) is 5.75 Å². The fourth-order valence-corrected chi connectivity index (χ4v) is 3.93. The van der Waals surface area contributed by atoms with Crippen LogP contribution in [0.15, 0.2) is 36.7 Å². The molecule has 2 heterocycles. The third-order valence-corrected chi connectivity index (χ3v) is 5.32. The maximum Gasteiger partial charge on any atom is 0.573 e. The van der Waals surface area contributed by atoms with Crippen LogP contribution in [-0.4, -0.2) is 51.9 Å². The van der Waals surface area contributed by atoms with Crippen LogP contribution in [-0.2, 0) is 4.79 Å². The molecule has 0 spiro atoms. The van der Waals surface area contributed by atoms with Crippen molar-refractivity contribution in [1.82, 2.24) is 14.9 Å². The van der Waals surface area contributed by atoms with E-state index in [9.17, 15) is 22.8 Å². The van der Waals surface area contributed by atoms with Gasteiger partial charge in [-0.05, 0) is 37.8 Å². The maximum absolute atomic E-state index is 12.9. The number of halogens is 3. The second kappa shape index (κ2) is 8.52. The van der Waals surface area contributed by atoms with E-state index in [-0.39, 0.29) is 30.3 Å².